The summed E-state index contributed by atoms with van der Waals surface area (Å²) in [6, 6.07) is 5.48. The second-order valence-corrected chi connectivity index (χ2v) is 4.75. The lowest BCUT2D eigenvalue weighted by Gasteiger charge is -2.10. The number of benzene rings is 1. The summed E-state index contributed by atoms with van der Waals surface area (Å²) in [5.41, 5.74) is 7.13. The topological polar surface area (TPSA) is 77.1 Å². The van der Waals surface area contributed by atoms with Gasteiger partial charge in [0.1, 0.15) is 5.75 Å². The van der Waals surface area contributed by atoms with Gasteiger partial charge < -0.3 is 20.4 Å². The van der Waals surface area contributed by atoms with Crippen molar-refractivity contribution >= 4 is 5.84 Å². The summed E-state index contributed by atoms with van der Waals surface area (Å²) in [6.07, 6.45) is 1.04. The average Bonchev–Trinajstić information content (AvgIpc) is 2.42. The molecule has 0 atom stereocenters. The maximum absolute atomic E-state index is 8.69. The van der Waals surface area contributed by atoms with Crippen LogP contribution < -0.4 is 10.5 Å². The SMILES string of the molecule is COc1cc(COCCC(C)C)ccc1/C(N)=N/O. The van der Waals surface area contributed by atoms with E-state index in [1.807, 2.05) is 12.1 Å². The fourth-order valence-corrected chi connectivity index (χ4v) is 1.60. The highest BCUT2D eigenvalue weighted by atomic mass is 16.5. The molecule has 19 heavy (non-hydrogen) atoms. The highest BCUT2D eigenvalue weighted by Crippen LogP contribution is 2.20. The van der Waals surface area contributed by atoms with E-state index in [9.17, 15) is 0 Å². The van der Waals surface area contributed by atoms with Crippen LogP contribution in [0, 0.1) is 5.92 Å². The molecule has 5 nitrogen and oxygen atoms in total. The third kappa shape index (κ3) is 4.79. The average molecular weight is 266 g/mol. The van der Waals surface area contributed by atoms with E-state index in [-0.39, 0.29) is 5.84 Å². The van der Waals surface area contributed by atoms with Gasteiger partial charge >= 0.3 is 0 Å². The number of rotatable bonds is 7. The number of hydrogen-bond donors (Lipinski definition) is 2. The van der Waals surface area contributed by atoms with E-state index in [0.717, 1.165) is 18.6 Å². The zero-order chi connectivity index (χ0) is 14.3. The number of nitrogens with two attached hydrogens (primary N) is 1. The van der Waals surface area contributed by atoms with Gasteiger partial charge in [-0.25, -0.2) is 0 Å². The third-order valence-corrected chi connectivity index (χ3v) is 2.76. The molecule has 0 radical (unpaired) electrons. The standard InChI is InChI=1S/C14H22N2O3/c1-10(2)6-7-19-9-11-4-5-12(14(15)16-17)13(8-11)18-3/h4-5,8,10,17H,6-7,9H2,1-3H3,(H2,15,16). The number of hydrogen-bond acceptors (Lipinski definition) is 4. The Balaban J connectivity index is 2.67. The summed E-state index contributed by atoms with van der Waals surface area (Å²) in [7, 11) is 1.55. The van der Waals surface area contributed by atoms with Crippen molar-refractivity contribution in [2.75, 3.05) is 13.7 Å². The highest BCUT2D eigenvalue weighted by Gasteiger charge is 2.08. The molecule has 5 heteroatoms. The molecule has 1 rings (SSSR count). The van der Waals surface area contributed by atoms with Gasteiger partial charge in [-0.05, 0) is 30.0 Å². The molecule has 3 N–H and O–H groups in total. The Hall–Kier alpha value is -1.75. The molecule has 0 saturated carbocycles. The molecule has 0 unspecified atom stereocenters. The van der Waals surface area contributed by atoms with Crippen molar-refractivity contribution in [1.29, 1.82) is 0 Å². The summed E-state index contributed by atoms with van der Waals surface area (Å²) in [5, 5.41) is 11.7. The van der Waals surface area contributed by atoms with Crippen LogP contribution in [0.3, 0.4) is 0 Å². The smallest absolute Gasteiger partial charge is 0.173 e. The van der Waals surface area contributed by atoms with Gasteiger partial charge in [0.2, 0.25) is 0 Å². The van der Waals surface area contributed by atoms with Crippen molar-refractivity contribution in [3.8, 4) is 5.75 Å². The molecule has 0 aliphatic carbocycles. The zero-order valence-electron chi connectivity index (χ0n) is 11.7. The van der Waals surface area contributed by atoms with Crippen molar-refractivity contribution in [3.63, 3.8) is 0 Å². The molecule has 0 aliphatic rings. The Kier molecular flexibility index (Phi) is 6.15. The number of ether oxygens (including phenoxy) is 2. The first kappa shape index (κ1) is 15.3. The molecule has 0 bridgehead atoms. The fourth-order valence-electron chi connectivity index (χ4n) is 1.60. The first-order valence-corrected chi connectivity index (χ1v) is 6.31. The summed E-state index contributed by atoms with van der Waals surface area (Å²) in [6.45, 7) is 5.60. The van der Waals surface area contributed by atoms with Gasteiger partial charge in [0.25, 0.3) is 0 Å². The predicted molar refractivity (Wildman–Crippen MR) is 74.6 cm³/mol. The second-order valence-electron chi connectivity index (χ2n) is 4.75. The number of methoxy groups -OCH3 is 1. The van der Waals surface area contributed by atoms with Gasteiger partial charge in [-0.2, -0.15) is 0 Å². The van der Waals surface area contributed by atoms with Gasteiger partial charge in [-0.15, -0.1) is 0 Å². The van der Waals surface area contributed by atoms with Crippen LogP contribution in [0.2, 0.25) is 0 Å². The van der Waals surface area contributed by atoms with Crippen LogP contribution in [0.1, 0.15) is 31.4 Å². The maximum Gasteiger partial charge on any atom is 0.173 e. The second kappa shape index (κ2) is 7.63. The van der Waals surface area contributed by atoms with E-state index >= 15 is 0 Å². The minimum Gasteiger partial charge on any atom is -0.496 e. The molecule has 1 aromatic carbocycles. The van der Waals surface area contributed by atoms with Crippen molar-refractivity contribution < 1.29 is 14.7 Å². The van der Waals surface area contributed by atoms with E-state index in [2.05, 4.69) is 19.0 Å². The number of oxime groups is 1. The minimum absolute atomic E-state index is 0.0316. The van der Waals surface area contributed by atoms with Crippen molar-refractivity contribution in [2.24, 2.45) is 16.8 Å². The molecule has 1 aromatic rings. The molecule has 0 aromatic heterocycles. The number of nitrogens with zero attached hydrogens (tertiary/aromatic N) is 1. The van der Waals surface area contributed by atoms with Gasteiger partial charge in [-0.1, -0.05) is 25.1 Å². The van der Waals surface area contributed by atoms with Crippen LogP contribution in [0.5, 0.6) is 5.75 Å². The van der Waals surface area contributed by atoms with Crippen LogP contribution in [-0.2, 0) is 11.3 Å². The summed E-state index contributed by atoms with van der Waals surface area (Å²) >= 11 is 0. The van der Waals surface area contributed by atoms with Gasteiger partial charge in [0, 0.05) is 6.61 Å². The van der Waals surface area contributed by atoms with Crippen molar-refractivity contribution in [2.45, 2.75) is 26.9 Å². The van der Waals surface area contributed by atoms with Crippen LogP contribution >= 0.6 is 0 Å². The Labute approximate surface area is 114 Å². The molecule has 0 aliphatic heterocycles. The first-order valence-electron chi connectivity index (χ1n) is 6.31. The molecule has 106 valence electrons. The van der Waals surface area contributed by atoms with Crippen LogP contribution in [0.15, 0.2) is 23.4 Å². The molecule has 0 spiro atoms. The molecule has 0 amide bonds. The van der Waals surface area contributed by atoms with Gasteiger partial charge in [0.05, 0.1) is 19.3 Å². The van der Waals surface area contributed by atoms with Crippen LogP contribution in [-0.4, -0.2) is 24.8 Å². The Morgan fingerprint density at radius 1 is 1.42 bits per heavy atom. The van der Waals surface area contributed by atoms with E-state index in [1.54, 1.807) is 13.2 Å². The number of amidine groups is 1. The highest BCUT2D eigenvalue weighted by molar-refractivity contribution is 5.99. The lowest BCUT2D eigenvalue weighted by atomic mass is 10.1. The molecular weight excluding hydrogens is 244 g/mol. The van der Waals surface area contributed by atoms with Gasteiger partial charge in [0.15, 0.2) is 5.84 Å². The van der Waals surface area contributed by atoms with E-state index < -0.39 is 0 Å². The predicted octanol–water partition coefficient (Wildman–Crippen LogP) is 2.35. The summed E-state index contributed by atoms with van der Waals surface area (Å²) < 4.78 is 10.8. The summed E-state index contributed by atoms with van der Waals surface area (Å²) in [4.78, 5) is 0. The lowest BCUT2D eigenvalue weighted by Crippen LogP contribution is -2.14. The van der Waals surface area contributed by atoms with Crippen LogP contribution in [0.25, 0.3) is 0 Å². The van der Waals surface area contributed by atoms with Crippen LogP contribution in [0.4, 0.5) is 0 Å². The van der Waals surface area contributed by atoms with E-state index in [1.165, 1.54) is 0 Å². The Morgan fingerprint density at radius 2 is 2.16 bits per heavy atom. The zero-order valence-corrected chi connectivity index (χ0v) is 11.7. The largest absolute Gasteiger partial charge is 0.496 e. The Morgan fingerprint density at radius 3 is 2.74 bits per heavy atom. The quantitative estimate of drug-likeness (QED) is 0.261. The normalized spacial score (nSPS) is 11.9. The van der Waals surface area contributed by atoms with Gasteiger partial charge in [-0.3, -0.25) is 0 Å². The minimum atomic E-state index is 0.0316. The molecule has 0 heterocycles. The van der Waals surface area contributed by atoms with Crippen molar-refractivity contribution in [3.05, 3.63) is 29.3 Å². The van der Waals surface area contributed by atoms with Crippen molar-refractivity contribution in [1.82, 2.24) is 0 Å². The maximum atomic E-state index is 8.69. The lowest BCUT2D eigenvalue weighted by molar-refractivity contribution is 0.110. The first-order chi connectivity index (χ1) is 9.08. The monoisotopic (exact) mass is 266 g/mol. The molecular formula is C14H22N2O3. The fraction of sp³-hybridized carbons (Fsp3) is 0.500. The molecule has 0 saturated heterocycles. The molecule has 0 fully saturated rings. The van der Waals surface area contributed by atoms with E-state index in [0.29, 0.717) is 23.8 Å². The third-order valence-electron chi connectivity index (χ3n) is 2.76. The Bertz CT molecular complexity index is 431. The van der Waals surface area contributed by atoms with E-state index in [4.69, 9.17) is 20.4 Å². The summed E-state index contributed by atoms with van der Waals surface area (Å²) in [5.74, 6) is 1.24.